The van der Waals surface area contributed by atoms with Crippen LogP contribution in [0.15, 0.2) is 12.1 Å². The fourth-order valence-electron chi connectivity index (χ4n) is 1.16. The lowest BCUT2D eigenvalue weighted by Crippen LogP contribution is -1.95. The molecule has 0 aliphatic carbocycles. The third-order valence-electron chi connectivity index (χ3n) is 1.81. The Kier molecular flexibility index (Phi) is 3.94. The number of nitrogens with two attached hydrogens (primary N) is 1. The lowest BCUT2D eigenvalue weighted by molar-refractivity contribution is 0.369. The molecule has 0 atom stereocenters. The first-order chi connectivity index (χ1) is 7.11. The number of phenolic OH excluding ortho intramolecular Hbond substituents is 1. The molecule has 0 unspecified atom stereocenters. The van der Waals surface area contributed by atoms with Crippen molar-refractivity contribution in [2.24, 2.45) is 5.73 Å². The molecule has 0 fully saturated rings. The van der Waals surface area contributed by atoms with Gasteiger partial charge in [0.25, 0.3) is 0 Å². The highest BCUT2D eigenvalue weighted by molar-refractivity contribution is 6.31. The van der Waals surface area contributed by atoms with Crippen LogP contribution in [0.5, 0.6) is 11.5 Å². The van der Waals surface area contributed by atoms with E-state index in [1.807, 2.05) is 0 Å². The van der Waals surface area contributed by atoms with Crippen LogP contribution in [0.1, 0.15) is 5.56 Å². The fourth-order valence-corrected chi connectivity index (χ4v) is 1.37. The van der Waals surface area contributed by atoms with Crippen molar-refractivity contribution < 1.29 is 14.2 Å². The molecule has 0 bridgehead atoms. The smallest absolute Gasteiger partial charge is 0.170 e. The van der Waals surface area contributed by atoms with Gasteiger partial charge in [0.05, 0.1) is 17.7 Å². The summed E-state index contributed by atoms with van der Waals surface area (Å²) in [7, 11) is 1.34. The molecule has 82 valence electrons. The summed E-state index contributed by atoms with van der Waals surface area (Å²) in [6.07, 6.45) is 2.95. The minimum atomic E-state index is -0.643. The molecule has 3 nitrogen and oxygen atoms in total. The molecule has 1 aromatic rings. The third kappa shape index (κ3) is 2.40. The molecule has 0 heterocycles. The zero-order valence-corrected chi connectivity index (χ0v) is 8.88. The minimum Gasteiger partial charge on any atom is -0.504 e. The van der Waals surface area contributed by atoms with E-state index in [4.69, 9.17) is 22.1 Å². The molecule has 0 aromatic heterocycles. The van der Waals surface area contributed by atoms with Crippen LogP contribution >= 0.6 is 11.6 Å². The van der Waals surface area contributed by atoms with Crippen molar-refractivity contribution in [1.82, 2.24) is 0 Å². The van der Waals surface area contributed by atoms with Crippen LogP contribution in [0, 0.1) is 5.82 Å². The number of benzene rings is 1. The number of aromatic hydroxyl groups is 1. The first kappa shape index (κ1) is 11.8. The first-order valence-electron chi connectivity index (χ1n) is 4.23. The topological polar surface area (TPSA) is 55.5 Å². The number of hydrogen-bond acceptors (Lipinski definition) is 3. The van der Waals surface area contributed by atoms with Crippen LogP contribution in [0.4, 0.5) is 4.39 Å². The number of methoxy groups -OCH3 is 1. The number of halogens is 2. The highest BCUT2D eigenvalue weighted by Crippen LogP contribution is 2.37. The van der Waals surface area contributed by atoms with Gasteiger partial charge < -0.3 is 15.6 Å². The van der Waals surface area contributed by atoms with Crippen LogP contribution < -0.4 is 10.5 Å². The molecule has 0 amide bonds. The van der Waals surface area contributed by atoms with Crippen LogP contribution in [-0.2, 0) is 0 Å². The summed E-state index contributed by atoms with van der Waals surface area (Å²) in [5.41, 5.74) is 5.34. The van der Waals surface area contributed by atoms with Crippen molar-refractivity contribution in [3.63, 3.8) is 0 Å². The molecule has 0 aliphatic heterocycles. The molecule has 0 spiro atoms. The Bertz CT molecular complexity index is 393. The van der Waals surface area contributed by atoms with E-state index in [1.54, 1.807) is 0 Å². The van der Waals surface area contributed by atoms with Gasteiger partial charge >= 0.3 is 0 Å². The molecule has 1 rings (SSSR count). The normalized spacial score (nSPS) is 10.9. The van der Waals surface area contributed by atoms with Gasteiger partial charge in [-0.2, -0.15) is 0 Å². The molecule has 3 N–H and O–H groups in total. The van der Waals surface area contributed by atoms with Gasteiger partial charge in [0.1, 0.15) is 0 Å². The predicted molar refractivity (Wildman–Crippen MR) is 57.7 cm³/mol. The van der Waals surface area contributed by atoms with Gasteiger partial charge in [0.15, 0.2) is 17.3 Å². The molecule has 0 saturated carbocycles. The lowest BCUT2D eigenvalue weighted by atomic mass is 10.1. The molecule has 0 aliphatic rings. The Morgan fingerprint density at radius 3 is 2.87 bits per heavy atom. The maximum atomic E-state index is 13.5. The quantitative estimate of drug-likeness (QED) is 0.838. The largest absolute Gasteiger partial charge is 0.504 e. The lowest BCUT2D eigenvalue weighted by Gasteiger charge is -2.09. The summed E-state index contributed by atoms with van der Waals surface area (Å²) in [6.45, 7) is 0.260. The van der Waals surface area contributed by atoms with Gasteiger partial charge in [-0.1, -0.05) is 23.8 Å². The van der Waals surface area contributed by atoms with Gasteiger partial charge in [-0.05, 0) is 0 Å². The second kappa shape index (κ2) is 5.00. The van der Waals surface area contributed by atoms with E-state index >= 15 is 0 Å². The number of phenols is 1. The summed E-state index contributed by atoms with van der Waals surface area (Å²) in [6, 6.07) is 1.09. The van der Waals surface area contributed by atoms with E-state index in [0.717, 1.165) is 6.07 Å². The average molecular weight is 232 g/mol. The molecule has 0 saturated heterocycles. The summed E-state index contributed by atoms with van der Waals surface area (Å²) in [4.78, 5) is 0. The minimum absolute atomic E-state index is 0.0431. The Balaban J connectivity index is 3.36. The molecular formula is C10H11ClFNO2. The maximum absolute atomic E-state index is 13.5. The summed E-state index contributed by atoms with van der Waals surface area (Å²) in [5, 5.41) is 9.29. The maximum Gasteiger partial charge on any atom is 0.170 e. The van der Waals surface area contributed by atoms with Crippen molar-refractivity contribution in [3.05, 3.63) is 28.5 Å². The summed E-state index contributed by atoms with van der Waals surface area (Å²) < 4.78 is 18.4. The van der Waals surface area contributed by atoms with Gasteiger partial charge in [-0.25, -0.2) is 4.39 Å². The van der Waals surface area contributed by atoms with Crippen LogP contribution in [0.2, 0.25) is 5.02 Å². The van der Waals surface area contributed by atoms with E-state index in [0.29, 0.717) is 0 Å². The van der Waals surface area contributed by atoms with Gasteiger partial charge in [0, 0.05) is 12.6 Å². The standard InChI is InChI=1S/C10H11ClFNO2/c1-15-10-6(3-2-4-13)9(12)7(11)5-8(10)14/h2-3,5,14H,4,13H2,1H3/b3-2+. The van der Waals surface area contributed by atoms with Crippen molar-refractivity contribution in [2.75, 3.05) is 13.7 Å². The number of ether oxygens (including phenoxy) is 1. The Morgan fingerprint density at radius 2 is 2.33 bits per heavy atom. The molecular weight excluding hydrogens is 221 g/mol. The highest BCUT2D eigenvalue weighted by atomic mass is 35.5. The average Bonchev–Trinajstić information content (AvgIpc) is 2.21. The Hall–Kier alpha value is -1.26. The Morgan fingerprint density at radius 1 is 1.67 bits per heavy atom. The highest BCUT2D eigenvalue weighted by Gasteiger charge is 2.15. The first-order valence-corrected chi connectivity index (χ1v) is 4.61. The molecule has 1 aromatic carbocycles. The second-order valence-electron chi connectivity index (χ2n) is 2.78. The zero-order valence-electron chi connectivity index (χ0n) is 8.13. The summed E-state index contributed by atoms with van der Waals surface area (Å²) in [5.74, 6) is -0.807. The zero-order chi connectivity index (χ0) is 11.4. The van der Waals surface area contributed by atoms with Gasteiger partial charge in [0.2, 0.25) is 0 Å². The predicted octanol–water partition coefficient (Wildman–Crippen LogP) is 2.17. The van der Waals surface area contributed by atoms with Crippen molar-refractivity contribution in [2.45, 2.75) is 0 Å². The number of hydrogen-bond donors (Lipinski definition) is 2. The van der Waals surface area contributed by atoms with Crippen LogP contribution in [0.3, 0.4) is 0 Å². The molecule has 15 heavy (non-hydrogen) atoms. The SMILES string of the molecule is COc1c(O)cc(Cl)c(F)c1/C=C/CN. The molecule has 0 radical (unpaired) electrons. The molecule has 5 heteroatoms. The van der Waals surface area contributed by atoms with E-state index in [2.05, 4.69) is 0 Å². The number of rotatable bonds is 3. The van der Waals surface area contributed by atoms with Crippen molar-refractivity contribution in [1.29, 1.82) is 0 Å². The van der Waals surface area contributed by atoms with Crippen LogP contribution in [0.25, 0.3) is 6.08 Å². The fraction of sp³-hybridized carbons (Fsp3) is 0.200. The van der Waals surface area contributed by atoms with Crippen molar-refractivity contribution in [3.8, 4) is 11.5 Å². The monoisotopic (exact) mass is 231 g/mol. The van der Waals surface area contributed by atoms with E-state index < -0.39 is 5.82 Å². The second-order valence-corrected chi connectivity index (χ2v) is 3.18. The van der Waals surface area contributed by atoms with E-state index in [1.165, 1.54) is 19.3 Å². The van der Waals surface area contributed by atoms with Crippen LogP contribution in [-0.4, -0.2) is 18.8 Å². The summed E-state index contributed by atoms with van der Waals surface area (Å²) >= 11 is 5.57. The van der Waals surface area contributed by atoms with Crippen molar-refractivity contribution >= 4 is 17.7 Å². The van der Waals surface area contributed by atoms with E-state index in [-0.39, 0.29) is 28.6 Å². The Labute approximate surface area is 91.9 Å². The third-order valence-corrected chi connectivity index (χ3v) is 2.09. The van der Waals surface area contributed by atoms with Gasteiger partial charge in [-0.15, -0.1) is 0 Å². The van der Waals surface area contributed by atoms with E-state index in [9.17, 15) is 9.50 Å². The van der Waals surface area contributed by atoms with Gasteiger partial charge in [-0.3, -0.25) is 0 Å².